The van der Waals surface area contributed by atoms with Crippen LogP contribution in [0.15, 0.2) is 18.3 Å². The van der Waals surface area contributed by atoms with Gasteiger partial charge in [-0.25, -0.2) is 4.79 Å². The number of rotatable bonds is 2. The van der Waals surface area contributed by atoms with E-state index in [1.807, 2.05) is 0 Å². The molecule has 0 N–H and O–H groups in total. The zero-order valence-corrected chi connectivity index (χ0v) is 8.13. The molecule has 0 bridgehead atoms. The second-order valence-corrected chi connectivity index (χ2v) is 3.03. The standard InChI is InChI=1S/C9H11N3O3/c13-9(8-2-1-3-10-11-8)15-12-4-6-14-7-5-12/h1-3H,4-7H2. The number of hydrogen-bond donors (Lipinski definition) is 0. The molecule has 80 valence electrons. The van der Waals surface area contributed by atoms with Crippen molar-refractivity contribution in [2.45, 2.75) is 0 Å². The van der Waals surface area contributed by atoms with E-state index in [2.05, 4.69) is 10.2 Å². The molecule has 1 aromatic heterocycles. The van der Waals surface area contributed by atoms with Crippen LogP contribution in [0.4, 0.5) is 0 Å². The summed E-state index contributed by atoms with van der Waals surface area (Å²) in [6.07, 6.45) is 1.51. The molecule has 6 nitrogen and oxygen atoms in total. The van der Waals surface area contributed by atoms with Crippen LogP contribution in [0.1, 0.15) is 10.5 Å². The third-order valence-electron chi connectivity index (χ3n) is 1.96. The third-order valence-corrected chi connectivity index (χ3v) is 1.96. The third kappa shape index (κ3) is 2.71. The summed E-state index contributed by atoms with van der Waals surface area (Å²) in [5.41, 5.74) is 0.212. The predicted octanol–water partition coefficient (Wildman–Crippen LogP) is -0.119. The first kappa shape index (κ1) is 10.0. The van der Waals surface area contributed by atoms with Crippen LogP contribution in [-0.4, -0.2) is 47.5 Å². The molecular weight excluding hydrogens is 198 g/mol. The number of carbonyl (C=O) groups excluding carboxylic acids is 1. The summed E-state index contributed by atoms with van der Waals surface area (Å²) in [7, 11) is 0. The molecule has 1 saturated heterocycles. The van der Waals surface area contributed by atoms with Crippen molar-refractivity contribution in [3.8, 4) is 0 Å². The van der Waals surface area contributed by atoms with Gasteiger partial charge in [0.1, 0.15) is 0 Å². The average Bonchev–Trinajstić information content (AvgIpc) is 2.31. The van der Waals surface area contributed by atoms with E-state index in [1.165, 1.54) is 6.20 Å². The summed E-state index contributed by atoms with van der Waals surface area (Å²) in [6, 6.07) is 3.21. The molecule has 6 heteroatoms. The number of carbonyl (C=O) groups is 1. The van der Waals surface area contributed by atoms with Crippen molar-refractivity contribution < 1.29 is 14.4 Å². The van der Waals surface area contributed by atoms with Gasteiger partial charge in [-0.1, -0.05) is 0 Å². The molecule has 0 atom stereocenters. The van der Waals surface area contributed by atoms with Crippen molar-refractivity contribution in [1.29, 1.82) is 0 Å². The number of aromatic nitrogens is 2. The minimum atomic E-state index is -0.481. The SMILES string of the molecule is O=C(ON1CCOCC1)c1cccnn1. The van der Waals surface area contributed by atoms with Gasteiger partial charge in [-0.2, -0.15) is 5.10 Å². The summed E-state index contributed by atoms with van der Waals surface area (Å²) in [5.74, 6) is -0.481. The van der Waals surface area contributed by atoms with Gasteiger partial charge in [0.05, 0.1) is 26.3 Å². The maximum atomic E-state index is 11.5. The number of hydroxylamine groups is 2. The molecule has 0 spiro atoms. The molecule has 0 aromatic carbocycles. The van der Waals surface area contributed by atoms with Gasteiger partial charge in [-0.05, 0) is 12.1 Å². The Bertz CT molecular complexity index is 325. The maximum absolute atomic E-state index is 11.5. The van der Waals surface area contributed by atoms with Crippen molar-refractivity contribution in [2.75, 3.05) is 26.3 Å². The zero-order chi connectivity index (χ0) is 10.5. The Morgan fingerprint density at radius 2 is 2.27 bits per heavy atom. The van der Waals surface area contributed by atoms with E-state index < -0.39 is 5.97 Å². The first-order chi connectivity index (χ1) is 7.36. The lowest BCUT2D eigenvalue weighted by Crippen LogP contribution is -2.38. The molecule has 0 amide bonds. The van der Waals surface area contributed by atoms with Crippen LogP contribution in [0.25, 0.3) is 0 Å². The highest BCUT2D eigenvalue weighted by atomic mass is 16.7. The molecule has 0 saturated carbocycles. The Morgan fingerprint density at radius 1 is 1.47 bits per heavy atom. The van der Waals surface area contributed by atoms with Gasteiger partial charge in [-0.15, -0.1) is 10.2 Å². The molecule has 1 aliphatic rings. The molecular formula is C9H11N3O3. The first-order valence-corrected chi connectivity index (χ1v) is 4.69. The van der Waals surface area contributed by atoms with Crippen LogP contribution >= 0.6 is 0 Å². The van der Waals surface area contributed by atoms with Crippen LogP contribution < -0.4 is 0 Å². The minimum Gasteiger partial charge on any atom is -0.379 e. The average molecular weight is 209 g/mol. The van der Waals surface area contributed by atoms with Crippen LogP contribution in [0, 0.1) is 0 Å². The van der Waals surface area contributed by atoms with Gasteiger partial charge >= 0.3 is 5.97 Å². The predicted molar refractivity (Wildman–Crippen MR) is 49.8 cm³/mol. The topological polar surface area (TPSA) is 64.5 Å². The van der Waals surface area contributed by atoms with E-state index in [0.717, 1.165) is 0 Å². The Labute approximate surface area is 86.8 Å². The molecule has 1 aliphatic heterocycles. The number of morpholine rings is 1. The van der Waals surface area contributed by atoms with Crippen molar-refractivity contribution in [3.63, 3.8) is 0 Å². The fourth-order valence-corrected chi connectivity index (χ4v) is 1.21. The largest absolute Gasteiger partial charge is 0.379 e. The van der Waals surface area contributed by atoms with Crippen molar-refractivity contribution >= 4 is 5.97 Å². The molecule has 0 unspecified atom stereocenters. The van der Waals surface area contributed by atoms with E-state index in [4.69, 9.17) is 9.57 Å². The fraction of sp³-hybridized carbons (Fsp3) is 0.444. The summed E-state index contributed by atoms with van der Waals surface area (Å²) in [5, 5.41) is 8.84. The number of ether oxygens (including phenoxy) is 1. The Hall–Kier alpha value is -1.53. The Morgan fingerprint density at radius 3 is 2.93 bits per heavy atom. The highest BCUT2D eigenvalue weighted by Gasteiger charge is 2.17. The second-order valence-electron chi connectivity index (χ2n) is 3.03. The first-order valence-electron chi connectivity index (χ1n) is 4.69. The molecule has 1 fully saturated rings. The Balaban J connectivity index is 1.91. The van der Waals surface area contributed by atoms with Gasteiger partial charge in [0.25, 0.3) is 0 Å². The molecule has 2 rings (SSSR count). The molecule has 0 radical (unpaired) electrons. The lowest BCUT2D eigenvalue weighted by molar-refractivity contribution is -0.151. The van der Waals surface area contributed by atoms with Crippen LogP contribution in [-0.2, 0) is 9.57 Å². The highest BCUT2D eigenvalue weighted by molar-refractivity contribution is 5.86. The smallest absolute Gasteiger partial charge is 0.377 e. The Kier molecular flexibility index (Phi) is 3.21. The van der Waals surface area contributed by atoms with Crippen LogP contribution in [0.3, 0.4) is 0 Å². The van der Waals surface area contributed by atoms with E-state index in [-0.39, 0.29) is 5.69 Å². The van der Waals surface area contributed by atoms with E-state index in [1.54, 1.807) is 17.2 Å². The van der Waals surface area contributed by atoms with E-state index >= 15 is 0 Å². The highest BCUT2D eigenvalue weighted by Crippen LogP contribution is 2.02. The fourth-order valence-electron chi connectivity index (χ4n) is 1.21. The number of hydrogen-bond acceptors (Lipinski definition) is 6. The van der Waals surface area contributed by atoms with Crippen molar-refractivity contribution in [1.82, 2.24) is 15.3 Å². The van der Waals surface area contributed by atoms with E-state index in [0.29, 0.717) is 26.3 Å². The van der Waals surface area contributed by atoms with Gasteiger partial charge in [0.2, 0.25) is 0 Å². The van der Waals surface area contributed by atoms with E-state index in [9.17, 15) is 4.79 Å². The summed E-state index contributed by atoms with van der Waals surface area (Å²) in [6.45, 7) is 2.33. The van der Waals surface area contributed by atoms with Gasteiger partial charge in [0.15, 0.2) is 5.69 Å². The summed E-state index contributed by atoms with van der Waals surface area (Å²) < 4.78 is 5.13. The lowest BCUT2D eigenvalue weighted by Gasteiger charge is -2.24. The van der Waals surface area contributed by atoms with Crippen molar-refractivity contribution in [3.05, 3.63) is 24.0 Å². The van der Waals surface area contributed by atoms with Crippen molar-refractivity contribution in [2.24, 2.45) is 0 Å². The summed E-state index contributed by atoms with van der Waals surface area (Å²) >= 11 is 0. The molecule has 0 aliphatic carbocycles. The lowest BCUT2D eigenvalue weighted by atomic mass is 10.4. The normalized spacial score (nSPS) is 17.3. The zero-order valence-electron chi connectivity index (χ0n) is 8.13. The van der Waals surface area contributed by atoms with Crippen LogP contribution in [0.5, 0.6) is 0 Å². The maximum Gasteiger partial charge on any atom is 0.377 e. The monoisotopic (exact) mass is 209 g/mol. The van der Waals surface area contributed by atoms with Gasteiger partial charge in [-0.3, -0.25) is 0 Å². The van der Waals surface area contributed by atoms with Gasteiger partial charge < -0.3 is 9.57 Å². The second kappa shape index (κ2) is 4.81. The quantitative estimate of drug-likeness (QED) is 0.676. The molecule has 2 heterocycles. The van der Waals surface area contributed by atoms with Crippen LogP contribution in [0.2, 0.25) is 0 Å². The molecule has 15 heavy (non-hydrogen) atoms. The summed E-state index contributed by atoms with van der Waals surface area (Å²) in [4.78, 5) is 16.6. The van der Waals surface area contributed by atoms with Gasteiger partial charge in [0, 0.05) is 6.20 Å². The minimum absolute atomic E-state index is 0.212. The molecule has 1 aromatic rings. The number of nitrogens with zero attached hydrogens (tertiary/aromatic N) is 3.